The molecule has 1 atom stereocenters. The van der Waals surface area contributed by atoms with E-state index < -0.39 is 10.0 Å². The van der Waals surface area contributed by atoms with Crippen molar-refractivity contribution in [3.63, 3.8) is 0 Å². The Labute approximate surface area is 169 Å². The Morgan fingerprint density at radius 3 is 2.57 bits per heavy atom. The van der Waals surface area contributed by atoms with Gasteiger partial charge in [-0.15, -0.1) is 0 Å². The highest BCUT2D eigenvalue weighted by Crippen LogP contribution is 2.32. The second-order valence-corrected chi connectivity index (χ2v) is 9.71. The fourth-order valence-corrected chi connectivity index (χ4v) is 5.07. The van der Waals surface area contributed by atoms with Gasteiger partial charge in [-0.05, 0) is 37.1 Å². The predicted octanol–water partition coefficient (Wildman–Crippen LogP) is 2.86. The molecule has 1 amide bonds. The van der Waals surface area contributed by atoms with E-state index >= 15 is 0 Å². The van der Waals surface area contributed by atoms with Crippen molar-refractivity contribution in [2.75, 3.05) is 19.3 Å². The van der Waals surface area contributed by atoms with Crippen LogP contribution in [0.3, 0.4) is 0 Å². The van der Waals surface area contributed by atoms with Crippen LogP contribution in [0.4, 0.5) is 0 Å². The molecular formula is C20H21N3O3S2. The second kappa shape index (κ2) is 8.78. The number of hydrogen-bond donors (Lipinski definition) is 1. The first kappa shape index (κ1) is 20.4. The molecule has 6 nitrogen and oxygen atoms in total. The highest BCUT2D eigenvalue weighted by Gasteiger charge is 2.27. The molecule has 0 saturated carbocycles. The van der Waals surface area contributed by atoms with Crippen LogP contribution in [0.25, 0.3) is 0 Å². The predicted molar refractivity (Wildman–Crippen MR) is 109 cm³/mol. The number of sulfonamides is 1. The molecule has 1 heterocycles. The minimum atomic E-state index is -3.27. The summed E-state index contributed by atoms with van der Waals surface area (Å²) in [5, 5.41) is 12.3. The summed E-state index contributed by atoms with van der Waals surface area (Å²) in [5.74, 6) is -0.238. The molecule has 146 valence electrons. The molecule has 1 aliphatic heterocycles. The number of nitrogens with one attached hydrogen (secondary N) is 1. The maximum Gasteiger partial charge on any atom is 0.252 e. The van der Waals surface area contributed by atoms with Gasteiger partial charge in [-0.25, -0.2) is 12.7 Å². The number of piperidine rings is 1. The van der Waals surface area contributed by atoms with E-state index in [9.17, 15) is 18.5 Å². The van der Waals surface area contributed by atoms with Crippen molar-refractivity contribution in [1.82, 2.24) is 9.62 Å². The number of benzene rings is 2. The number of nitrogens with zero attached hydrogens (tertiary/aromatic N) is 2. The summed E-state index contributed by atoms with van der Waals surface area (Å²) in [6.45, 7) is 0.778. The van der Waals surface area contributed by atoms with E-state index in [1.54, 1.807) is 24.3 Å². The van der Waals surface area contributed by atoms with Crippen LogP contribution in [0, 0.1) is 11.3 Å². The zero-order valence-electron chi connectivity index (χ0n) is 15.5. The summed E-state index contributed by atoms with van der Waals surface area (Å²) in [6.07, 6.45) is 2.64. The highest BCUT2D eigenvalue weighted by atomic mass is 32.2. The largest absolute Gasteiger partial charge is 0.348 e. The van der Waals surface area contributed by atoms with Gasteiger partial charge in [0.05, 0.1) is 17.4 Å². The molecule has 1 N–H and O–H groups in total. The average molecular weight is 416 g/mol. The fraction of sp³-hybridized carbons (Fsp3) is 0.300. The molecule has 0 aromatic heterocycles. The van der Waals surface area contributed by atoms with E-state index in [1.807, 2.05) is 24.3 Å². The van der Waals surface area contributed by atoms with Gasteiger partial charge in [-0.1, -0.05) is 36.0 Å². The molecule has 0 unspecified atom stereocenters. The second-order valence-electron chi connectivity index (χ2n) is 6.64. The van der Waals surface area contributed by atoms with Crippen LogP contribution in [0.1, 0.15) is 28.8 Å². The van der Waals surface area contributed by atoms with Gasteiger partial charge in [0, 0.05) is 28.9 Å². The Kier molecular flexibility index (Phi) is 6.39. The van der Waals surface area contributed by atoms with E-state index in [2.05, 4.69) is 11.4 Å². The third-order valence-corrected chi connectivity index (χ3v) is 6.97. The Morgan fingerprint density at radius 2 is 1.86 bits per heavy atom. The fourth-order valence-electron chi connectivity index (χ4n) is 3.13. The molecule has 1 aliphatic rings. The van der Waals surface area contributed by atoms with Crippen LogP contribution in [-0.4, -0.2) is 44.0 Å². The lowest BCUT2D eigenvalue weighted by Crippen LogP contribution is -2.49. The Morgan fingerprint density at radius 1 is 1.18 bits per heavy atom. The molecule has 0 bridgehead atoms. The molecule has 0 aliphatic carbocycles. The zero-order chi connectivity index (χ0) is 20.1. The van der Waals surface area contributed by atoms with E-state index in [4.69, 9.17) is 0 Å². The van der Waals surface area contributed by atoms with Gasteiger partial charge in [0.15, 0.2) is 0 Å². The molecule has 0 radical (unpaired) electrons. The minimum Gasteiger partial charge on any atom is -0.348 e. The standard InChI is InChI=1S/C20H21N3O3S2/c1-28(25,26)23-12-6-8-16(14-23)22-20(24)17-9-3-5-11-19(17)27-18-10-4-2-7-15(18)13-21/h2-5,7,9-11,16H,6,8,12,14H2,1H3,(H,22,24)/t16-/m0/s1. The molecule has 1 saturated heterocycles. The summed E-state index contributed by atoms with van der Waals surface area (Å²) in [5.41, 5.74) is 1.07. The smallest absolute Gasteiger partial charge is 0.252 e. The summed E-state index contributed by atoms with van der Waals surface area (Å²) < 4.78 is 25.0. The molecule has 2 aromatic rings. The number of hydrogen-bond acceptors (Lipinski definition) is 5. The lowest BCUT2D eigenvalue weighted by atomic mass is 10.1. The first-order valence-corrected chi connectivity index (χ1v) is 11.6. The number of carbonyl (C=O) groups is 1. The van der Waals surface area contributed by atoms with E-state index in [1.165, 1.54) is 22.3 Å². The molecule has 1 fully saturated rings. The third kappa shape index (κ3) is 4.93. The van der Waals surface area contributed by atoms with Crippen LogP contribution >= 0.6 is 11.8 Å². The van der Waals surface area contributed by atoms with Gasteiger partial charge >= 0.3 is 0 Å². The van der Waals surface area contributed by atoms with Crippen LogP contribution in [0.15, 0.2) is 58.3 Å². The minimum absolute atomic E-state index is 0.222. The van der Waals surface area contributed by atoms with Gasteiger partial charge in [0.25, 0.3) is 5.91 Å². The first-order valence-electron chi connectivity index (χ1n) is 8.90. The summed E-state index contributed by atoms with van der Waals surface area (Å²) in [6, 6.07) is 16.4. The van der Waals surface area contributed by atoms with E-state index in [-0.39, 0.29) is 18.5 Å². The van der Waals surface area contributed by atoms with Gasteiger partial charge in [0.1, 0.15) is 6.07 Å². The molecule has 28 heavy (non-hydrogen) atoms. The third-order valence-electron chi connectivity index (χ3n) is 4.55. The van der Waals surface area contributed by atoms with Crippen LogP contribution < -0.4 is 5.32 Å². The quantitative estimate of drug-likeness (QED) is 0.811. The Bertz CT molecular complexity index is 1020. The molecule has 3 rings (SSSR count). The van der Waals surface area contributed by atoms with Crippen LogP contribution in [-0.2, 0) is 10.0 Å². The van der Waals surface area contributed by atoms with Crippen molar-refractivity contribution >= 4 is 27.7 Å². The summed E-state index contributed by atoms with van der Waals surface area (Å²) in [4.78, 5) is 14.4. The summed E-state index contributed by atoms with van der Waals surface area (Å²) in [7, 11) is -3.27. The van der Waals surface area contributed by atoms with Gasteiger partial charge in [-0.3, -0.25) is 4.79 Å². The van der Waals surface area contributed by atoms with Gasteiger partial charge in [-0.2, -0.15) is 5.26 Å². The van der Waals surface area contributed by atoms with Crippen molar-refractivity contribution in [3.05, 3.63) is 59.7 Å². The van der Waals surface area contributed by atoms with Crippen LogP contribution in [0.5, 0.6) is 0 Å². The number of rotatable bonds is 5. The zero-order valence-corrected chi connectivity index (χ0v) is 17.1. The van der Waals surface area contributed by atoms with Crippen molar-refractivity contribution in [1.29, 1.82) is 5.26 Å². The monoisotopic (exact) mass is 415 g/mol. The van der Waals surface area contributed by atoms with Crippen molar-refractivity contribution in [2.45, 2.75) is 28.7 Å². The molecular weight excluding hydrogens is 394 g/mol. The lowest BCUT2D eigenvalue weighted by Gasteiger charge is -2.31. The molecule has 0 spiro atoms. The molecule has 8 heteroatoms. The molecule has 2 aromatic carbocycles. The van der Waals surface area contributed by atoms with E-state index in [0.717, 1.165) is 16.2 Å². The maximum absolute atomic E-state index is 12.9. The Balaban J connectivity index is 1.77. The Hall–Kier alpha value is -2.34. The lowest BCUT2D eigenvalue weighted by molar-refractivity contribution is 0.0918. The van der Waals surface area contributed by atoms with Crippen molar-refractivity contribution in [2.24, 2.45) is 0 Å². The first-order chi connectivity index (χ1) is 13.4. The topological polar surface area (TPSA) is 90.3 Å². The van der Waals surface area contributed by atoms with Crippen LogP contribution in [0.2, 0.25) is 0 Å². The van der Waals surface area contributed by atoms with Gasteiger partial charge in [0.2, 0.25) is 10.0 Å². The highest BCUT2D eigenvalue weighted by molar-refractivity contribution is 7.99. The summed E-state index contributed by atoms with van der Waals surface area (Å²) >= 11 is 1.37. The number of nitriles is 1. The number of carbonyl (C=O) groups excluding carboxylic acids is 1. The average Bonchev–Trinajstić information content (AvgIpc) is 2.68. The maximum atomic E-state index is 12.9. The normalized spacial score (nSPS) is 17.6. The van der Waals surface area contributed by atoms with E-state index in [0.29, 0.717) is 24.1 Å². The van der Waals surface area contributed by atoms with Crippen molar-refractivity contribution < 1.29 is 13.2 Å². The van der Waals surface area contributed by atoms with Gasteiger partial charge < -0.3 is 5.32 Å². The SMILES string of the molecule is CS(=O)(=O)N1CCC[C@H](NC(=O)c2ccccc2Sc2ccccc2C#N)C1. The number of amides is 1. The van der Waals surface area contributed by atoms with Crippen molar-refractivity contribution in [3.8, 4) is 6.07 Å².